The number of carbonyl (C=O) groups excluding carboxylic acids is 1. The van der Waals surface area contributed by atoms with Crippen molar-refractivity contribution in [2.45, 2.75) is 25.8 Å². The third kappa shape index (κ3) is 5.10. The van der Waals surface area contributed by atoms with Gasteiger partial charge in [0.15, 0.2) is 6.04 Å². The summed E-state index contributed by atoms with van der Waals surface area (Å²) in [6.45, 7) is 3.62. The first-order valence-corrected chi connectivity index (χ1v) is 8.49. The van der Waals surface area contributed by atoms with Crippen LogP contribution < -0.4 is 5.32 Å². The first kappa shape index (κ1) is 17.0. The van der Waals surface area contributed by atoms with Crippen molar-refractivity contribution in [2.24, 2.45) is 4.99 Å². The molecule has 0 saturated carbocycles. The highest BCUT2D eigenvalue weighted by molar-refractivity contribution is 8.14. The molecule has 6 heteroatoms. The lowest BCUT2D eigenvalue weighted by atomic mass is 10.1. The summed E-state index contributed by atoms with van der Waals surface area (Å²) in [4.78, 5) is 15.9. The Morgan fingerprint density at radius 3 is 3.09 bits per heavy atom. The van der Waals surface area contributed by atoms with Gasteiger partial charge in [-0.25, -0.2) is 9.18 Å². The summed E-state index contributed by atoms with van der Waals surface area (Å²) in [6.07, 6.45) is 1.57. The fourth-order valence-electron chi connectivity index (χ4n) is 2.18. The molecule has 1 N–H and O–H groups in total. The molecule has 1 aromatic rings. The van der Waals surface area contributed by atoms with Crippen LogP contribution >= 0.6 is 11.8 Å². The van der Waals surface area contributed by atoms with Crippen LogP contribution in [-0.4, -0.2) is 42.5 Å². The largest absolute Gasteiger partial charge is 0.464 e. The van der Waals surface area contributed by atoms with Gasteiger partial charge in [0.25, 0.3) is 0 Å². The number of carbonyl (C=O) groups is 1. The molecule has 0 aromatic heterocycles. The van der Waals surface area contributed by atoms with Gasteiger partial charge in [0, 0.05) is 12.3 Å². The molecule has 1 atom stereocenters. The van der Waals surface area contributed by atoms with Crippen LogP contribution in [0.2, 0.25) is 0 Å². The van der Waals surface area contributed by atoms with E-state index in [2.05, 4.69) is 10.3 Å². The molecule has 0 spiro atoms. The summed E-state index contributed by atoms with van der Waals surface area (Å²) in [5, 5.41) is 4.22. The van der Waals surface area contributed by atoms with Crippen molar-refractivity contribution in [1.29, 1.82) is 0 Å². The molecule has 0 fully saturated rings. The molecule has 2 rings (SSSR count). The van der Waals surface area contributed by atoms with Gasteiger partial charge in [-0.2, -0.15) is 0 Å². The van der Waals surface area contributed by atoms with Crippen molar-refractivity contribution >= 4 is 22.8 Å². The van der Waals surface area contributed by atoms with Gasteiger partial charge in [-0.3, -0.25) is 4.99 Å². The molecule has 0 aliphatic carbocycles. The van der Waals surface area contributed by atoms with Crippen LogP contribution in [0.15, 0.2) is 29.3 Å². The van der Waals surface area contributed by atoms with Gasteiger partial charge in [0.05, 0.1) is 11.7 Å². The van der Waals surface area contributed by atoms with E-state index in [0.717, 1.165) is 23.6 Å². The zero-order valence-corrected chi connectivity index (χ0v) is 13.5. The van der Waals surface area contributed by atoms with E-state index in [1.165, 1.54) is 6.07 Å². The van der Waals surface area contributed by atoms with E-state index in [9.17, 15) is 9.18 Å². The predicted octanol–water partition coefficient (Wildman–Crippen LogP) is 2.42. The molecule has 1 aromatic carbocycles. The molecule has 22 heavy (non-hydrogen) atoms. The number of ether oxygens (including phenoxy) is 1. The highest BCUT2D eigenvalue weighted by Crippen LogP contribution is 2.18. The maximum atomic E-state index is 13.4. The molecule has 120 valence electrons. The van der Waals surface area contributed by atoms with Gasteiger partial charge in [-0.1, -0.05) is 18.2 Å². The molecule has 4 nitrogen and oxygen atoms in total. The zero-order chi connectivity index (χ0) is 15.8. The number of thioether (sulfide) groups is 1. The molecule has 0 bridgehead atoms. The first-order chi connectivity index (χ1) is 10.7. The lowest BCUT2D eigenvalue weighted by molar-refractivity contribution is -0.143. The van der Waals surface area contributed by atoms with Crippen LogP contribution in [0.4, 0.5) is 4.39 Å². The minimum atomic E-state index is -0.361. The van der Waals surface area contributed by atoms with E-state index in [-0.39, 0.29) is 17.8 Å². The minimum Gasteiger partial charge on any atom is -0.464 e. The van der Waals surface area contributed by atoms with Crippen LogP contribution in [0.1, 0.15) is 18.9 Å². The van der Waals surface area contributed by atoms with Crippen molar-refractivity contribution in [3.05, 3.63) is 35.6 Å². The number of hydrogen-bond acceptors (Lipinski definition) is 5. The van der Waals surface area contributed by atoms with E-state index in [0.29, 0.717) is 25.3 Å². The van der Waals surface area contributed by atoms with E-state index in [1.807, 2.05) is 12.1 Å². The van der Waals surface area contributed by atoms with Crippen molar-refractivity contribution in [3.8, 4) is 0 Å². The molecule has 0 radical (unpaired) electrons. The van der Waals surface area contributed by atoms with Crippen LogP contribution in [0.3, 0.4) is 0 Å². The third-order valence-electron chi connectivity index (χ3n) is 3.30. The smallest absolute Gasteiger partial charge is 0.331 e. The zero-order valence-electron chi connectivity index (χ0n) is 12.7. The minimum absolute atomic E-state index is 0.143. The van der Waals surface area contributed by atoms with Gasteiger partial charge < -0.3 is 10.1 Å². The van der Waals surface area contributed by atoms with Crippen LogP contribution in [0.5, 0.6) is 0 Å². The second-order valence-corrected chi connectivity index (χ2v) is 6.07. The Morgan fingerprint density at radius 2 is 2.32 bits per heavy atom. The lowest BCUT2D eigenvalue weighted by Crippen LogP contribution is -2.23. The summed E-state index contributed by atoms with van der Waals surface area (Å²) < 4.78 is 18.4. The summed E-state index contributed by atoms with van der Waals surface area (Å²) >= 11 is 1.59. The fourth-order valence-corrected chi connectivity index (χ4v) is 3.15. The average Bonchev–Trinajstić information content (AvgIpc) is 2.98. The quantitative estimate of drug-likeness (QED) is 0.589. The number of aryl methyl sites for hydroxylation is 1. The second kappa shape index (κ2) is 8.90. The monoisotopic (exact) mass is 324 g/mol. The van der Waals surface area contributed by atoms with E-state index in [1.54, 1.807) is 24.8 Å². The van der Waals surface area contributed by atoms with Gasteiger partial charge >= 0.3 is 5.97 Å². The summed E-state index contributed by atoms with van der Waals surface area (Å²) in [7, 11) is 0. The van der Waals surface area contributed by atoms with E-state index in [4.69, 9.17) is 4.74 Å². The number of aliphatic imine (C=N–C) groups is 1. The molecule has 1 aliphatic rings. The Labute approximate surface area is 134 Å². The van der Waals surface area contributed by atoms with Crippen LogP contribution in [-0.2, 0) is 16.0 Å². The van der Waals surface area contributed by atoms with Gasteiger partial charge in [-0.05, 0) is 37.9 Å². The van der Waals surface area contributed by atoms with E-state index >= 15 is 0 Å². The second-order valence-electron chi connectivity index (χ2n) is 4.97. The molecular weight excluding hydrogens is 303 g/mol. The number of benzene rings is 1. The Hall–Kier alpha value is -1.40. The Balaban J connectivity index is 1.64. The van der Waals surface area contributed by atoms with Crippen molar-refractivity contribution in [1.82, 2.24) is 5.32 Å². The molecule has 1 heterocycles. The van der Waals surface area contributed by atoms with Crippen LogP contribution in [0, 0.1) is 5.82 Å². The normalized spacial score (nSPS) is 17.4. The Bertz CT molecular complexity index is 537. The summed E-state index contributed by atoms with van der Waals surface area (Å²) in [6, 6.07) is 6.50. The van der Waals surface area contributed by atoms with Crippen molar-refractivity contribution < 1.29 is 13.9 Å². The van der Waals surface area contributed by atoms with Gasteiger partial charge in [0.1, 0.15) is 5.82 Å². The highest BCUT2D eigenvalue weighted by atomic mass is 32.2. The lowest BCUT2D eigenvalue weighted by Gasteiger charge is -2.05. The number of halogens is 1. The molecule has 0 saturated heterocycles. The number of nitrogens with zero attached hydrogens (tertiary/aromatic N) is 1. The SMILES string of the molecule is CCOC(=O)C1CSC(CNCCCc2ccccc2F)=N1. The number of esters is 1. The number of nitrogens with one attached hydrogen (secondary N) is 1. The number of rotatable bonds is 8. The van der Waals surface area contributed by atoms with Gasteiger partial charge in [-0.15, -0.1) is 11.8 Å². The predicted molar refractivity (Wildman–Crippen MR) is 87.9 cm³/mol. The maximum Gasteiger partial charge on any atom is 0.331 e. The standard InChI is InChI=1S/C16H21FN2O2S/c1-2-21-16(20)14-11-22-15(19-14)10-18-9-5-7-12-6-3-4-8-13(12)17/h3-4,6,8,14,18H,2,5,7,9-11H2,1H3. The molecular formula is C16H21FN2O2S. The number of hydrogen-bond donors (Lipinski definition) is 1. The van der Waals surface area contributed by atoms with Crippen molar-refractivity contribution in [3.63, 3.8) is 0 Å². The highest BCUT2D eigenvalue weighted by Gasteiger charge is 2.25. The Morgan fingerprint density at radius 1 is 1.50 bits per heavy atom. The molecule has 0 amide bonds. The molecule has 1 aliphatic heterocycles. The first-order valence-electron chi connectivity index (χ1n) is 7.51. The van der Waals surface area contributed by atoms with Gasteiger partial charge in [0.2, 0.25) is 0 Å². The summed E-state index contributed by atoms with van der Waals surface area (Å²) in [5.74, 6) is 0.269. The summed E-state index contributed by atoms with van der Waals surface area (Å²) in [5.41, 5.74) is 0.749. The molecule has 1 unspecified atom stereocenters. The van der Waals surface area contributed by atoms with Crippen molar-refractivity contribution in [2.75, 3.05) is 25.4 Å². The maximum absolute atomic E-state index is 13.4. The fraction of sp³-hybridized carbons (Fsp3) is 0.500. The third-order valence-corrected chi connectivity index (χ3v) is 4.37. The average molecular weight is 324 g/mol. The van der Waals surface area contributed by atoms with E-state index < -0.39 is 0 Å². The van der Waals surface area contributed by atoms with Crippen LogP contribution in [0.25, 0.3) is 0 Å². The Kier molecular flexibility index (Phi) is 6.86. The topological polar surface area (TPSA) is 50.7 Å².